The molecule has 0 aliphatic heterocycles. The summed E-state index contributed by atoms with van der Waals surface area (Å²) in [6.45, 7) is 2.22. The first-order valence-electron chi connectivity index (χ1n) is 5.50. The number of hydrogen-bond acceptors (Lipinski definition) is 1. The van der Waals surface area contributed by atoms with Crippen LogP contribution in [0, 0.1) is 18.6 Å². The van der Waals surface area contributed by atoms with Crippen molar-refractivity contribution >= 4 is 17.3 Å². The highest BCUT2D eigenvalue weighted by molar-refractivity contribution is 6.30. The van der Waals surface area contributed by atoms with Crippen LogP contribution in [0.4, 0.5) is 14.5 Å². The quantitative estimate of drug-likeness (QED) is 0.861. The topological polar surface area (TPSA) is 12.0 Å². The van der Waals surface area contributed by atoms with Crippen molar-refractivity contribution in [2.45, 2.75) is 13.5 Å². The van der Waals surface area contributed by atoms with E-state index in [0.717, 1.165) is 17.3 Å². The van der Waals surface area contributed by atoms with E-state index in [2.05, 4.69) is 5.32 Å². The Hall–Kier alpha value is -1.61. The fourth-order valence-corrected chi connectivity index (χ4v) is 1.81. The highest BCUT2D eigenvalue weighted by atomic mass is 35.5. The first-order chi connectivity index (χ1) is 8.56. The third-order valence-electron chi connectivity index (χ3n) is 2.68. The van der Waals surface area contributed by atoms with Crippen LogP contribution < -0.4 is 5.32 Å². The van der Waals surface area contributed by atoms with Crippen LogP contribution in [0.2, 0.25) is 5.02 Å². The van der Waals surface area contributed by atoms with Gasteiger partial charge in [0.05, 0.1) is 0 Å². The van der Waals surface area contributed by atoms with E-state index in [-0.39, 0.29) is 6.54 Å². The zero-order valence-electron chi connectivity index (χ0n) is 9.81. The highest BCUT2D eigenvalue weighted by Crippen LogP contribution is 2.21. The van der Waals surface area contributed by atoms with Gasteiger partial charge in [0.2, 0.25) is 0 Å². The van der Waals surface area contributed by atoms with Crippen LogP contribution in [-0.2, 0) is 6.54 Å². The first kappa shape index (κ1) is 12.8. The molecule has 2 aromatic rings. The summed E-state index contributed by atoms with van der Waals surface area (Å²) in [6.07, 6.45) is 0. The van der Waals surface area contributed by atoms with Gasteiger partial charge in [-0.25, -0.2) is 8.78 Å². The molecule has 18 heavy (non-hydrogen) atoms. The van der Waals surface area contributed by atoms with Crippen molar-refractivity contribution in [2.75, 3.05) is 5.32 Å². The fourth-order valence-electron chi connectivity index (χ4n) is 1.64. The molecular formula is C14H12ClF2N. The minimum Gasteiger partial charge on any atom is -0.381 e. The van der Waals surface area contributed by atoms with Crippen molar-refractivity contribution in [3.63, 3.8) is 0 Å². The largest absolute Gasteiger partial charge is 0.381 e. The number of rotatable bonds is 3. The number of aryl methyl sites for hydroxylation is 1. The zero-order valence-corrected chi connectivity index (χ0v) is 10.6. The molecule has 1 nitrogen and oxygen atoms in total. The van der Waals surface area contributed by atoms with Gasteiger partial charge in [0.15, 0.2) is 0 Å². The summed E-state index contributed by atoms with van der Waals surface area (Å²) in [5.74, 6) is -1.13. The van der Waals surface area contributed by atoms with E-state index in [9.17, 15) is 8.78 Å². The maximum Gasteiger partial charge on any atom is 0.131 e. The highest BCUT2D eigenvalue weighted by Gasteiger charge is 2.05. The maximum atomic E-state index is 13.4. The summed E-state index contributed by atoms with van der Waals surface area (Å²) < 4.78 is 26.2. The van der Waals surface area contributed by atoms with Gasteiger partial charge in [-0.3, -0.25) is 0 Å². The zero-order chi connectivity index (χ0) is 13.1. The van der Waals surface area contributed by atoms with Gasteiger partial charge in [0.25, 0.3) is 0 Å². The minimum atomic E-state index is -0.574. The monoisotopic (exact) mass is 267 g/mol. The molecule has 2 rings (SSSR count). The number of halogens is 3. The maximum absolute atomic E-state index is 13.4. The smallest absolute Gasteiger partial charge is 0.131 e. The third kappa shape index (κ3) is 2.99. The van der Waals surface area contributed by atoms with Gasteiger partial charge in [-0.2, -0.15) is 0 Å². The van der Waals surface area contributed by atoms with Crippen LogP contribution in [0.25, 0.3) is 0 Å². The molecule has 0 fully saturated rings. The van der Waals surface area contributed by atoms with Crippen LogP contribution in [0.1, 0.15) is 11.1 Å². The van der Waals surface area contributed by atoms with Gasteiger partial charge in [0, 0.05) is 28.9 Å². The van der Waals surface area contributed by atoms with Crippen LogP contribution in [0.5, 0.6) is 0 Å². The average Bonchev–Trinajstić information content (AvgIpc) is 2.32. The predicted octanol–water partition coefficient (Wildman–Crippen LogP) is 4.54. The van der Waals surface area contributed by atoms with Crippen molar-refractivity contribution in [2.24, 2.45) is 0 Å². The van der Waals surface area contributed by atoms with Gasteiger partial charge >= 0.3 is 0 Å². The number of anilines is 1. The molecule has 0 amide bonds. The Morgan fingerprint density at radius 3 is 2.61 bits per heavy atom. The Morgan fingerprint density at radius 2 is 1.89 bits per heavy atom. The molecule has 0 atom stereocenters. The van der Waals surface area contributed by atoms with Crippen molar-refractivity contribution in [3.8, 4) is 0 Å². The summed E-state index contributed by atoms with van der Waals surface area (Å²) >= 11 is 5.89. The van der Waals surface area contributed by atoms with E-state index in [1.54, 1.807) is 12.1 Å². The van der Waals surface area contributed by atoms with E-state index < -0.39 is 11.6 Å². The number of hydrogen-bond donors (Lipinski definition) is 1. The normalized spacial score (nSPS) is 10.4. The average molecular weight is 268 g/mol. The van der Waals surface area contributed by atoms with Crippen LogP contribution in [0.3, 0.4) is 0 Å². The van der Waals surface area contributed by atoms with Crippen LogP contribution in [0.15, 0.2) is 36.4 Å². The standard InChI is InChI=1S/C14H12ClF2N/c1-9-2-4-11(15)6-14(9)18-8-10-3-5-12(16)7-13(10)17/h2-7,18H,8H2,1H3. The molecule has 0 unspecified atom stereocenters. The second-order valence-corrected chi connectivity index (χ2v) is 4.48. The molecule has 0 aliphatic carbocycles. The van der Waals surface area contributed by atoms with Crippen LogP contribution in [-0.4, -0.2) is 0 Å². The molecule has 0 saturated heterocycles. The molecule has 2 aromatic carbocycles. The summed E-state index contributed by atoms with van der Waals surface area (Å²) in [5.41, 5.74) is 2.27. The summed E-state index contributed by atoms with van der Waals surface area (Å²) in [4.78, 5) is 0. The molecule has 0 aliphatic rings. The van der Waals surface area contributed by atoms with Crippen molar-refractivity contribution in [3.05, 3.63) is 64.2 Å². The molecule has 1 N–H and O–H groups in total. The van der Waals surface area contributed by atoms with E-state index in [1.165, 1.54) is 12.1 Å². The predicted molar refractivity (Wildman–Crippen MR) is 69.9 cm³/mol. The molecule has 4 heteroatoms. The van der Waals surface area contributed by atoms with E-state index in [1.807, 2.05) is 13.0 Å². The van der Waals surface area contributed by atoms with E-state index >= 15 is 0 Å². The van der Waals surface area contributed by atoms with Gasteiger partial charge in [-0.15, -0.1) is 0 Å². The molecule has 0 spiro atoms. The molecule has 0 radical (unpaired) electrons. The van der Waals surface area contributed by atoms with E-state index in [4.69, 9.17) is 11.6 Å². The molecule has 0 saturated carbocycles. The van der Waals surface area contributed by atoms with Gasteiger partial charge < -0.3 is 5.32 Å². The van der Waals surface area contributed by atoms with Crippen LogP contribution >= 0.6 is 11.6 Å². The van der Waals surface area contributed by atoms with Crippen molar-refractivity contribution in [1.29, 1.82) is 0 Å². The molecular weight excluding hydrogens is 256 g/mol. The van der Waals surface area contributed by atoms with Gasteiger partial charge in [-0.05, 0) is 30.7 Å². The lowest BCUT2D eigenvalue weighted by Gasteiger charge is -2.10. The third-order valence-corrected chi connectivity index (χ3v) is 2.92. The fraction of sp³-hybridized carbons (Fsp3) is 0.143. The van der Waals surface area contributed by atoms with E-state index in [0.29, 0.717) is 10.6 Å². The SMILES string of the molecule is Cc1ccc(Cl)cc1NCc1ccc(F)cc1F. The lowest BCUT2D eigenvalue weighted by molar-refractivity contribution is 0.574. The first-order valence-corrected chi connectivity index (χ1v) is 5.88. The molecule has 0 bridgehead atoms. The number of benzene rings is 2. The Morgan fingerprint density at radius 1 is 1.11 bits per heavy atom. The lowest BCUT2D eigenvalue weighted by Crippen LogP contribution is -2.03. The number of nitrogens with one attached hydrogen (secondary N) is 1. The Labute approximate surface area is 109 Å². The Bertz CT molecular complexity index is 570. The lowest BCUT2D eigenvalue weighted by atomic mass is 10.1. The molecule has 0 aromatic heterocycles. The van der Waals surface area contributed by atoms with Crippen molar-refractivity contribution in [1.82, 2.24) is 0 Å². The minimum absolute atomic E-state index is 0.285. The van der Waals surface area contributed by atoms with Crippen molar-refractivity contribution < 1.29 is 8.78 Å². The van der Waals surface area contributed by atoms with Gasteiger partial charge in [-0.1, -0.05) is 23.7 Å². The molecule has 0 heterocycles. The Balaban J connectivity index is 2.13. The summed E-state index contributed by atoms with van der Waals surface area (Å²) in [6, 6.07) is 8.99. The Kier molecular flexibility index (Phi) is 3.82. The second kappa shape index (κ2) is 5.36. The summed E-state index contributed by atoms with van der Waals surface area (Å²) in [7, 11) is 0. The van der Waals surface area contributed by atoms with Gasteiger partial charge in [0.1, 0.15) is 11.6 Å². The molecule has 94 valence electrons. The summed E-state index contributed by atoms with van der Waals surface area (Å²) in [5, 5.41) is 3.70. The second-order valence-electron chi connectivity index (χ2n) is 4.05.